The summed E-state index contributed by atoms with van der Waals surface area (Å²) in [6.45, 7) is 7.82. The number of carbonyl (C=O) groups excluding carboxylic acids is 1. The Bertz CT molecular complexity index is 2170. The van der Waals surface area contributed by atoms with E-state index in [1.807, 2.05) is 60.6 Å². The van der Waals surface area contributed by atoms with Gasteiger partial charge < -0.3 is 14.7 Å². The first-order valence-electron chi connectivity index (χ1n) is 14.8. The van der Waals surface area contributed by atoms with Gasteiger partial charge in [-0.25, -0.2) is 13.8 Å². The number of benzene rings is 2. The molecule has 2 atom stereocenters. The van der Waals surface area contributed by atoms with Crippen molar-refractivity contribution in [2.24, 2.45) is 7.05 Å². The van der Waals surface area contributed by atoms with E-state index in [0.29, 0.717) is 40.4 Å². The molecule has 46 heavy (non-hydrogen) atoms. The predicted octanol–water partition coefficient (Wildman–Crippen LogP) is 6.51. The highest BCUT2D eigenvalue weighted by atomic mass is 32.1. The maximum Gasteiger partial charge on any atom is 0.246 e. The predicted molar refractivity (Wildman–Crippen MR) is 173 cm³/mol. The van der Waals surface area contributed by atoms with Crippen LogP contribution in [0.3, 0.4) is 0 Å². The number of nitrogens with zero attached hydrogens (tertiary/aromatic N) is 6. The van der Waals surface area contributed by atoms with Gasteiger partial charge in [0.05, 0.1) is 41.2 Å². The third-order valence-electron chi connectivity index (χ3n) is 8.21. The van der Waals surface area contributed by atoms with Gasteiger partial charge in [0, 0.05) is 58.5 Å². The average molecular weight is 641 g/mol. The second-order valence-corrected chi connectivity index (χ2v) is 12.3. The molecular weight excluding hydrogens is 610 g/mol. The highest BCUT2D eigenvalue weighted by Gasteiger charge is 2.31. The summed E-state index contributed by atoms with van der Waals surface area (Å²) in [7, 11) is 1.86. The van der Waals surface area contributed by atoms with Crippen LogP contribution in [-0.2, 0) is 18.4 Å². The molecule has 1 amide bonds. The lowest BCUT2D eigenvalue weighted by molar-refractivity contribution is -0.129. The van der Waals surface area contributed by atoms with Crippen LogP contribution in [0.25, 0.3) is 54.8 Å². The van der Waals surface area contributed by atoms with Crippen LogP contribution < -0.4 is 4.74 Å². The molecule has 4 aromatic heterocycles. The van der Waals surface area contributed by atoms with E-state index in [2.05, 4.69) is 11.7 Å². The Morgan fingerprint density at radius 1 is 1.15 bits per heavy atom. The Balaban J connectivity index is 1.51. The number of aliphatic hydroxyl groups is 1. The normalized spacial score (nSPS) is 15.3. The van der Waals surface area contributed by atoms with Crippen LogP contribution in [0.1, 0.15) is 25.6 Å². The lowest BCUT2D eigenvalue weighted by Gasteiger charge is -2.33. The molecule has 0 fully saturated rings. The molecule has 0 aliphatic carbocycles. The molecule has 1 N–H and O–H groups in total. The summed E-state index contributed by atoms with van der Waals surface area (Å²) in [6, 6.07) is 11.3. The summed E-state index contributed by atoms with van der Waals surface area (Å²) in [5.74, 6) is -1.88. The number of halogens is 2. The molecular formula is C34H30F2N6O3S. The number of aliphatic hydroxyl groups excluding tert-OH is 1. The number of thiophene rings is 1. The van der Waals surface area contributed by atoms with Gasteiger partial charge in [0.2, 0.25) is 5.91 Å². The number of carbonyl (C=O) groups is 1. The Morgan fingerprint density at radius 2 is 1.98 bits per heavy atom. The number of pyridine rings is 1. The van der Waals surface area contributed by atoms with Crippen molar-refractivity contribution in [3.8, 4) is 39.5 Å². The van der Waals surface area contributed by atoms with Gasteiger partial charge in [-0.2, -0.15) is 10.2 Å². The molecule has 0 spiro atoms. The minimum atomic E-state index is -0.870. The van der Waals surface area contributed by atoms with Crippen molar-refractivity contribution in [1.82, 2.24) is 29.4 Å². The van der Waals surface area contributed by atoms with Gasteiger partial charge >= 0.3 is 0 Å². The van der Waals surface area contributed by atoms with Crippen LogP contribution in [0.2, 0.25) is 0 Å². The van der Waals surface area contributed by atoms with E-state index in [1.54, 1.807) is 9.58 Å². The topological polar surface area (TPSA) is 98.3 Å². The van der Waals surface area contributed by atoms with Crippen molar-refractivity contribution in [3.63, 3.8) is 0 Å². The Kier molecular flexibility index (Phi) is 7.41. The highest BCUT2D eigenvalue weighted by molar-refractivity contribution is 7.18. The van der Waals surface area contributed by atoms with Crippen molar-refractivity contribution in [2.45, 2.75) is 32.5 Å². The minimum Gasteiger partial charge on any atom is -0.490 e. The van der Waals surface area contributed by atoms with Gasteiger partial charge in [0.1, 0.15) is 35.4 Å². The largest absolute Gasteiger partial charge is 0.490 e. The lowest BCUT2D eigenvalue weighted by Crippen LogP contribution is -2.40. The highest BCUT2D eigenvalue weighted by Crippen LogP contribution is 2.47. The molecule has 2 unspecified atom stereocenters. The zero-order chi connectivity index (χ0) is 32.3. The summed E-state index contributed by atoms with van der Waals surface area (Å²) < 4.78 is 40.7. The fourth-order valence-electron chi connectivity index (χ4n) is 6.10. The minimum absolute atomic E-state index is 0.0196. The number of fused-ring (bicyclic) bond motifs is 3. The Labute approximate surface area is 267 Å². The first-order chi connectivity index (χ1) is 22.1. The average Bonchev–Trinajstić information content (AvgIpc) is 3.77. The molecule has 1 aliphatic rings. The van der Waals surface area contributed by atoms with Crippen LogP contribution in [-0.4, -0.2) is 59.7 Å². The summed E-state index contributed by atoms with van der Waals surface area (Å²) in [4.78, 5) is 19.5. The van der Waals surface area contributed by atoms with Crippen LogP contribution >= 0.6 is 11.3 Å². The smallest absolute Gasteiger partial charge is 0.246 e. The van der Waals surface area contributed by atoms with E-state index in [9.17, 15) is 14.3 Å². The van der Waals surface area contributed by atoms with Crippen molar-refractivity contribution < 1.29 is 23.4 Å². The number of aryl methyl sites for hydroxylation is 1. The number of hydrogen-bond acceptors (Lipinski definition) is 7. The van der Waals surface area contributed by atoms with Crippen LogP contribution in [0, 0.1) is 11.6 Å². The van der Waals surface area contributed by atoms with Gasteiger partial charge in [-0.1, -0.05) is 18.7 Å². The molecule has 12 heteroatoms. The molecule has 7 rings (SSSR count). The number of aromatic nitrogens is 5. The Morgan fingerprint density at radius 3 is 2.76 bits per heavy atom. The molecule has 9 nitrogen and oxygen atoms in total. The van der Waals surface area contributed by atoms with Crippen molar-refractivity contribution in [1.29, 1.82) is 0 Å². The van der Waals surface area contributed by atoms with Gasteiger partial charge in [-0.3, -0.25) is 14.2 Å². The lowest BCUT2D eigenvalue weighted by atomic mass is 9.96. The van der Waals surface area contributed by atoms with E-state index in [-0.39, 0.29) is 29.9 Å². The maximum atomic E-state index is 16.0. The summed E-state index contributed by atoms with van der Waals surface area (Å²) in [5.41, 5.74) is 4.30. The van der Waals surface area contributed by atoms with Gasteiger partial charge in [-0.15, -0.1) is 11.3 Å². The molecule has 234 valence electrons. The molecule has 0 saturated heterocycles. The second kappa shape index (κ2) is 11.5. The van der Waals surface area contributed by atoms with Gasteiger partial charge in [-0.05, 0) is 43.5 Å². The number of rotatable bonds is 7. The van der Waals surface area contributed by atoms with E-state index in [1.165, 1.54) is 24.3 Å². The number of ether oxygens (including phenoxy) is 1. The summed E-state index contributed by atoms with van der Waals surface area (Å²) in [5, 5.41) is 23.1. The summed E-state index contributed by atoms with van der Waals surface area (Å²) in [6.07, 6.45) is 2.36. The molecule has 0 radical (unpaired) electrons. The van der Waals surface area contributed by atoms with Gasteiger partial charge in [0.15, 0.2) is 0 Å². The third kappa shape index (κ3) is 5.03. The molecule has 5 heterocycles. The maximum absolute atomic E-state index is 16.0. The first kappa shape index (κ1) is 29.8. The summed E-state index contributed by atoms with van der Waals surface area (Å²) >= 11 is 1.40. The quantitative estimate of drug-likeness (QED) is 0.200. The van der Waals surface area contributed by atoms with Gasteiger partial charge in [0.25, 0.3) is 0 Å². The zero-order valence-electron chi connectivity index (χ0n) is 25.4. The molecule has 0 saturated carbocycles. The third-order valence-corrected chi connectivity index (χ3v) is 9.14. The molecule has 0 bridgehead atoms. The SMILES string of the molecule is C=CC(=O)N1CCn2nc(-c3nc(-c4ccc5cn(C)nc5c4)c4ccsc4c3-c3c(F)cc(F)cc3OCC(C)O)cc2C1C. The number of amides is 1. The molecule has 6 aromatic rings. The van der Waals surface area contributed by atoms with Crippen molar-refractivity contribution in [3.05, 3.63) is 84.0 Å². The van der Waals surface area contributed by atoms with Crippen LogP contribution in [0.5, 0.6) is 5.75 Å². The standard InChI is InChI=1S/C34H30F2N6O3S/c1-5-29(44)41-9-10-42-27(19(41)3)15-26(39-42)33-31(30-24(36)13-22(35)14-28(30)45-17-18(2)43)34-23(8-11-46-34)32(37-33)20-6-7-21-16-40(4)38-25(21)12-20/h5-8,11-16,18-19,43H,1,9-10,17H2,2-4H3. The molecule has 1 aliphatic heterocycles. The monoisotopic (exact) mass is 640 g/mol. The first-order valence-corrected chi connectivity index (χ1v) is 15.7. The van der Waals surface area contributed by atoms with Crippen molar-refractivity contribution in [2.75, 3.05) is 13.2 Å². The van der Waals surface area contributed by atoms with Crippen LogP contribution in [0.15, 0.2) is 66.7 Å². The van der Waals surface area contributed by atoms with Crippen LogP contribution in [0.4, 0.5) is 8.78 Å². The number of hydrogen-bond donors (Lipinski definition) is 1. The second-order valence-electron chi connectivity index (χ2n) is 11.4. The molecule has 2 aromatic carbocycles. The van der Waals surface area contributed by atoms with E-state index in [0.717, 1.165) is 39.7 Å². The van der Waals surface area contributed by atoms with E-state index < -0.39 is 17.7 Å². The zero-order valence-corrected chi connectivity index (χ0v) is 26.2. The fourth-order valence-corrected chi connectivity index (χ4v) is 7.05. The fraction of sp³-hybridized carbons (Fsp3) is 0.235. The van der Waals surface area contributed by atoms with Crippen molar-refractivity contribution >= 4 is 38.2 Å². The van der Waals surface area contributed by atoms with E-state index >= 15 is 4.39 Å². The Hall–Kier alpha value is -4.94. The van der Waals surface area contributed by atoms with E-state index in [4.69, 9.17) is 14.8 Å².